The molecule has 0 aliphatic carbocycles. The molecular formula is C24H28ClFN4O3. The SMILES string of the molecule is O=C(Nc1cccc(Cl)c1)N1CCO[C@H](CN2CCCN(C(=O)c3ccc(F)cc3)CC2)C1. The van der Waals surface area contributed by atoms with Gasteiger partial charge >= 0.3 is 6.03 Å². The Morgan fingerprint density at radius 2 is 1.85 bits per heavy atom. The number of urea groups is 1. The van der Waals surface area contributed by atoms with Gasteiger partial charge in [0.2, 0.25) is 0 Å². The first-order chi connectivity index (χ1) is 16.0. The van der Waals surface area contributed by atoms with Gasteiger partial charge in [-0.3, -0.25) is 9.69 Å². The molecule has 2 aliphatic rings. The Morgan fingerprint density at radius 1 is 1.03 bits per heavy atom. The Labute approximate surface area is 198 Å². The minimum atomic E-state index is -0.351. The molecular weight excluding hydrogens is 447 g/mol. The van der Waals surface area contributed by atoms with E-state index < -0.39 is 0 Å². The fourth-order valence-electron chi connectivity index (χ4n) is 4.20. The highest BCUT2D eigenvalue weighted by atomic mass is 35.5. The van der Waals surface area contributed by atoms with Gasteiger partial charge in [0.25, 0.3) is 5.91 Å². The molecule has 2 fully saturated rings. The summed E-state index contributed by atoms with van der Waals surface area (Å²) in [5, 5.41) is 3.46. The molecule has 0 bridgehead atoms. The Morgan fingerprint density at radius 3 is 2.64 bits per heavy atom. The van der Waals surface area contributed by atoms with E-state index >= 15 is 0 Å². The first-order valence-corrected chi connectivity index (χ1v) is 11.6. The molecule has 33 heavy (non-hydrogen) atoms. The lowest BCUT2D eigenvalue weighted by Gasteiger charge is -2.35. The van der Waals surface area contributed by atoms with Gasteiger partial charge in [-0.15, -0.1) is 0 Å². The van der Waals surface area contributed by atoms with E-state index in [4.69, 9.17) is 16.3 Å². The normalized spacial score (nSPS) is 19.8. The summed E-state index contributed by atoms with van der Waals surface area (Å²) in [5.74, 6) is -0.425. The van der Waals surface area contributed by atoms with Gasteiger partial charge in [0.1, 0.15) is 5.82 Å². The zero-order valence-electron chi connectivity index (χ0n) is 18.4. The molecule has 1 atom stereocenters. The molecule has 2 heterocycles. The maximum atomic E-state index is 13.2. The standard InChI is InChI=1S/C24H28ClFN4O3/c25-19-3-1-4-21(15-19)27-24(32)30-13-14-33-22(17-30)16-28-9-2-10-29(12-11-28)23(31)18-5-7-20(26)8-6-18/h1,3-8,15,22H,2,9-14,16-17H2,(H,27,32)/t22-/m1/s1. The van der Waals surface area contributed by atoms with Crippen molar-refractivity contribution in [3.05, 3.63) is 64.9 Å². The smallest absolute Gasteiger partial charge is 0.322 e. The number of carbonyl (C=O) groups excluding carboxylic acids is 2. The first kappa shape index (κ1) is 23.5. The molecule has 0 saturated carbocycles. The highest BCUT2D eigenvalue weighted by Gasteiger charge is 2.27. The largest absolute Gasteiger partial charge is 0.373 e. The predicted molar refractivity (Wildman–Crippen MR) is 125 cm³/mol. The van der Waals surface area contributed by atoms with E-state index in [1.54, 1.807) is 29.2 Å². The van der Waals surface area contributed by atoms with E-state index in [1.807, 2.05) is 4.90 Å². The lowest BCUT2D eigenvalue weighted by atomic mass is 10.2. The molecule has 0 aromatic heterocycles. The van der Waals surface area contributed by atoms with Gasteiger partial charge in [0.05, 0.1) is 12.7 Å². The van der Waals surface area contributed by atoms with Crippen LogP contribution in [0.5, 0.6) is 0 Å². The molecule has 0 radical (unpaired) electrons. The molecule has 1 N–H and O–H groups in total. The van der Waals surface area contributed by atoms with Crippen LogP contribution in [0, 0.1) is 5.82 Å². The molecule has 2 aromatic carbocycles. The number of ether oxygens (including phenoxy) is 1. The number of halogens is 2. The topological polar surface area (TPSA) is 65.1 Å². The summed E-state index contributed by atoms with van der Waals surface area (Å²) < 4.78 is 19.1. The van der Waals surface area contributed by atoms with Crippen LogP contribution in [0.2, 0.25) is 5.02 Å². The second-order valence-corrected chi connectivity index (χ2v) is 8.77. The van der Waals surface area contributed by atoms with E-state index in [9.17, 15) is 14.0 Å². The van der Waals surface area contributed by atoms with Gasteiger partial charge in [-0.1, -0.05) is 17.7 Å². The number of amides is 3. The predicted octanol–water partition coefficient (Wildman–Crippen LogP) is 3.56. The van der Waals surface area contributed by atoms with Gasteiger partial charge < -0.3 is 19.9 Å². The van der Waals surface area contributed by atoms with Crippen molar-refractivity contribution in [2.24, 2.45) is 0 Å². The zero-order valence-corrected chi connectivity index (χ0v) is 19.1. The molecule has 2 aliphatic heterocycles. The van der Waals surface area contributed by atoms with Crippen LogP contribution in [0.1, 0.15) is 16.8 Å². The number of anilines is 1. The Kier molecular flexibility index (Phi) is 7.80. The summed E-state index contributed by atoms with van der Waals surface area (Å²) in [5.41, 5.74) is 1.16. The average Bonchev–Trinajstić information content (AvgIpc) is 3.05. The van der Waals surface area contributed by atoms with Crippen molar-refractivity contribution in [3.63, 3.8) is 0 Å². The molecule has 9 heteroatoms. The minimum Gasteiger partial charge on any atom is -0.373 e. The van der Waals surface area contributed by atoms with Crippen LogP contribution in [0.25, 0.3) is 0 Å². The number of nitrogens with one attached hydrogen (secondary N) is 1. The molecule has 7 nitrogen and oxygen atoms in total. The van der Waals surface area contributed by atoms with Crippen molar-refractivity contribution in [3.8, 4) is 0 Å². The van der Waals surface area contributed by atoms with E-state index in [0.717, 1.165) is 19.5 Å². The first-order valence-electron chi connectivity index (χ1n) is 11.2. The number of nitrogens with zero attached hydrogens (tertiary/aromatic N) is 3. The second kappa shape index (κ2) is 11.0. The number of hydrogen-bond acceptors (Lipinski definition) is 4. The number of benzene rings is 2. The van der Waals surface area contributed by atoms with E-state index in [-0.39, 0.29) is 23.9 Å². The number of rotatable bonds is 4. The summed E-state index contributed by atoms with van der Waals surface area (Å²) >= 11 is 6.00. The van der Waals surface area contributed by atoms with Crippen LogP contribution >= 0.6 is 11.6 Å². The third kappa shape index (κ3) is 6.43. The van der Waals surface area contributed by atoms with Gasteiger partial charge in [-0.2, -0.15) is 0 Å². The molecule has 3 amide bonds. The van der Waals surface area contributed by atoms with Crippen LogP contribution in [0.15, 0.2) is 48.5 Å². The van der Waals surface area contributed by atoms with Crippen LogP contribution < -0.4 is 5.32 Å². The van der Waals surface area contributed by atoms with Gasteiger partial charge in [-0.25, -0.2) is 9.18 Å². The van der Waals surface area contributed by atoms with Gasteiger partial charge in [0.15, 0.2) is 0 Å². The molecule has 2 aromatic rings. The van der Waals surface area contributed by atoms with Crippen molar-refractivity contribution in [1.82, 2.24) is 14.7 Å². The Bertz CT molecular complexity index is 974. The number of hydrogen-bond donors (Lipinski definition) is 1. The summed E-state index contributed by atoms with van der Waals surface area (Å²) in [4.78, 5) is 31.3. The quantitative estimate of drug-likeness (QED) is 0.736. The van der Waals surface area contributed by atoms with E-state index in [1.165, 1.54) is 24.3 Å². The summed E-state index contributed by atoms with van der Waals surface area (Å²) in [6.45, 7) is 5.04. The Balaban J connectivity index is 1.27. The molecule has 176 valence electrons. The molecule has 0 spiro atoms. The van der Waals surface area contributed by atoms with Crippen molar-refractivity contribution in [1.29, 1.82) is 0 Å². The summed E-state index contributed by atoms with van der Waals surface area (Å²) in [6, 6.07) is 12.6. The Hall–Kier alpha value is -2.68. The fourth-order valence-corrected chi connectivity index (χ4v) is 4.39. The van der Waals surface area contributed by atoms with Crippen LogP contribution in [-0.4, -0.2) is 85.2 Å². The minimum absolute atomic E-state index is 0.0744. The molecule has 2 saturated heterocycles. The second-order valence-electron chi connectivity index (χ2n) is 8.33. The van der Waals surface area contributed by atoms with E-state index in [0.29, 0.717) is 55.6 Å². The van der Waals surface area contributed by atoms with E-state index in [2.05, 4.69) is 10.2 Å². The number of morpholine rings is 1. The fraction of sp³-hybridized carbons (Fsp3) is 0.417. The highest BCUT2D eigenvalue weighted by molar-refractivity contribution is 6.30. The zero-order chi connectivity index (χ0) is 23.2. The lowest BCUT2D eigenvalue weighted by Crippen LogP contribution is -2.51. The molecule has 0 unspecified atom stereocenters. The summed E-state index contributed by atoms with van der Waals surface area (Å²) in [7, 11) is 0. The van der Waals surface area contributed by atoms with Crippen LogP contribution in [0.3, 0.4) is 0 Å². The van der Waals surface area contributed by atoms with Gasteiger partial charge in [-0.05, 0) is 55.4 Å². The molecule has 4 rings (SSSR count). The highest BCUT2D eigenvalue weighted by Crippen LogP contribution is 2.17. The number of carbonyl (C=O) groups is 2. The lowest BCUT2D eigenvalue weighted by molar-refractivity contribution is -0.0283. The maximum Gasteiger partial charge on any atom is 0.322 e. The maximum absolute atomic E-state index is 13.2. The van der Waals surface area contributed by atoms with Crippen molar-refractivity contribution in [2.75, 3.05) is 57.7 Å². The third-order valence-electron chi connectivity index (χ3n) is 5.93. The van der Waals surface area contributed by atoms with Crippen molar-refractivity contribution >= 4 is 29.2 Å². The van der Waals surface area contributed by atoms with Crippen LogP contribution in [0.4, 0.5) is 14.9 Å². The van der Waals surface area contributed by atoms with Crippen molar-refractivity contribution < 1.29 is 18.7 Å². The summed E-state index contributed by atoms with van der Waals surface area (Å²) in [6.07, 6.45) is 0.752. The van der Waals surface area contributed by atoms with Crippen LogP contribution in [-0.2, 0) is 4.74 Å². The third-order valence-corrected chi connectivity index (χ3v) is 6.17. The van der Waals surface area contributed by atoms with Gasteiger partial charge in [0, 0.05) is 55.5 Å². The average molecular weight is 475 g/mol. The monoisotopic (exact) mass is 474 g/mol. The van der Waals surface area contributed by atoms with Crippen molar-refractivity contribution in [2.45, 2.75) is 12.5 Å².